The highest BCUT2D eigenvalue weighted by Crippen LogP contribution is 2.40. The average Bonchev–Trinajstić information content (AvgIpc) is 2.47. The zero-order valence-corrected chi connectivity index (χ0v) is 12.7. The first kappa shape index (κ1) is 13.7. The Morgan fingerprint density at radius 1 is 1.16 bits per heavy atom. The summed E-state index contributed by atoms with van der Waals surface area (Å²) in [5.41, 5.74) is 0.926. The van der Waals surface area contributed by atoms with Crippen LogP contribution in [0.1, 0.15) is 53.4 Å². The van der Waals surface area contributed by atoms with E-state index in [1.807, 2.05) is 0 Å². The van der Waals surface area contributed by atoms with Gasteiger partial charge in [0.15, 0.2) is 0 Å². The maximum absolute atomic E-state index is 6.14. The van der Waals surface area contributed by atoms with Gasteiger partial charge in [0.2, 0.25) is 0 Å². The number of likely N-dealkylation sites (tertiary alicyclic amines) is 1. The highest BCUT2D eigenvalue weighted by atomic mass is 16.7. The first-order chi connectivity index (χ1) is 8.89. The predicted octanol–water partition coefficient (Wildman–Crippen LogP) is 2.80. The Morgan fingerprint density at radius 2 is 1.79 bits per heavy atom. The van der Waals surface area contributed by atoms with Crippen LogP contribution in [0.15, 0.2) is 11.5 Å². The lowest BCUT2D eigenvalue weighted by atomic mass is 9.71. The lowest BCUT2D eigenvalue weighted by Crippen LogP contribution is -2.46. The van der Waals surface area contributed by atoms with Crippen molar-refractivity contribution >= 4 is 7.12 Å². The molecule has 3 nitrogen and oxygen atoms in total. The van der Waals surface area contributed by atoms with Gasteiger partial charge in [0.05, 0.1) is 11.2 Å². The Balaban J connectivity index is 1.63. The second-order valence-corrected chi connectivity index (χ2v) is 7.19. The number of allylic oxidation sites excluding steroid dienone is 1. The van der Waals surface area contributed by atoms with E-state index in [4.69, 9.17) is 9.31 Å². The Bertz CT molecular complexity index is 372. The van der Waals surface area contributed by atoms with Gasteiger partial charge in [-0.25, -0.2) is 0 Å². The molecule has 1 atom stereocenters. The Kier molecular flexibility index (Phi) is 3.31. The van der Waals surface area contributed by atoms with E-state index in [2.05, 4.69) is 38.7 Å². The van der Waals surface area contributed by atoms with Gasteiger partial charge in [-0.05, 0) is 71.9 Å². The van der Waals surface area contributed by atoms with Crippen LogP contribution in [-0.4, -0.2) is 42.4 Å². The molecule has 0 aromatic carbocycles. The van der Waals surface area contributed by atoms with Crippen molar-refractivity contribution in [2.45, 2.75) is 70.6 Å². The smallest absolute Gasteiger partial charge is 0.400 e. The molecule has 2 saturated heterocycles. The van der Waals surface area contributed by atoms with Crippen LogP contribution >= 0.6 is 0 Å². The van der Waals surface area contributed by atoms with Crippen molar-refractivity contribution in [3.05, 3.63) is 11.5 Å². The number of hydrogen-bond donors (Lipinski definition) is 0. The van der Waals surface area contributed by atoms with Crippen molar-refractivity contribution in [2.24, 2.45) is 0 Å². The molecule has 2 aliphatic heterocycles. The Hall–Kier alpha value is -0.315. The molecule has 2 heterocycles. The van der Waals surface area contributed by atoms with Crippen LogP contribution in [0, 0.1) is 0 Å². The maximum atomic E-state index is 6.14. The molecule has 1 aliphatic carbocycles. The Labute approximate surface area is 117 Å². The molecule has 2 fully saturated rings. The van der Waals surface area contributed by atoms with Gasteiger partial charge in [0.1, 0.15) is 0 Å². The Morgan fingerprint density at radius 3 is 2.21 bits per heavy atom. The second-order valence-electron chi connectivity index (χ2n) is 7.19. The third-order valence-corrected chi connectivity index (χ3v) is 5.38. The largest absolute Gasteiger partial charge is 0.490 e. The standard InChI is InChI=1S/C15H26BNO2/c1-14(2)15(3,4)19-16(18-14)12-6-8-13(9-7-12)17-10-5-11-17/h6,13H,5,7-11H2,1-4H3. The first-order valence-electron chi connectivity index (χ1n) is 7.68. The van der Waals surface area contributed by atoms with Gasteiger partial charge in [-0.2, -0.15) is 0 Å². The predicted molar refractivity (Wildman–Crippen MR) is 78.0 cm³/mol. The SMILES string of the molecule is CC1(C)OB(C2=CCC(N3CCC3)CC2)OC1(C)C. The summed E-state index contributed by atoms with van der Waals surface area (Å²) in [6, 6.07) is 0.764. The fraction of sp³-hybridized carbons (Fsp3) is 0.867. The fourth-order valence-corrected chi connectivity index (χ4v) is 3.09. The van der Waals surface area contributed by atoms with E-state index in [0.717, 1.165) is 12.5 Å². The van der Waals surface area contributed by atoms with Crippen molar-refractivity contribution in [3.63, 3.8) is 0 Å². The van der Waals surface area contributed by atoms with Gasteiger partial charge < -0.3 is 9.31 Å². The highest BCUT2D eigenvalue weighted by molar-refractivity contribution is 6.54. The molecule has 3 aliphatic rings. The molecule has 19 heavy (non-hydrogen) atoms. The molecule has 0 bridgehead atoms. The van der Waals surface area contributed by atoms with Gasteiger partial charge in [-0.15, -0.1) is 0 Å². The van der Waals surface area contributed by atoms with E-state index in [1.165, 1.54) is 37.8 Å². The minimum atomic E-state index is -0.215. The molecular weight excluding hydrogens is 237 g/mol. The molecule has 0 N–H and O–H groups in total. The molecule has 0 saturated carbocycles. The van der Waals surface area contributed by atoms with Crippen LogP contribution in [0.25, 0.3) is 0 Å². The quantitative estimate of drug-likeness (QED) is 0.715. The van der Waals surface area contributed by atoms with Crippen LogP contribution in [-0.2, 0) is 9.31 Å². The van der Waals surface area contributed by atoms with Crippen LogP contribution in [0.4, 0.5) is 0 Å². The van der Waals surface area contributed by atoms with E-state index in [-0.39, 0.29) is 18.3 Å². The lowest BCUT2D eigenvalue weighted by molar-refractivity contribution is 0.00578. The van der Waals surface area contributed by atoms with Gasteiger partial charge in [-0.3, -0.25) is 4.90 Å². The number of rotatable bonds is 2. The van der Waals surface area contributed by atoms with E-state index in [1.54, 1.807) is 0 Å². The van der Waals surface area contributed by atoms with Gasteiger partial charge in [0.25, 0.3) is 0 Å². The molecule has 0 aromatic heterocycles. The third kappa shape index (κ3) is 2.39. The topological polar surface area (TPSA) is 21.7 Å². The molecule has 3 rings (SSSR count). The normalized spacial score (nSPS) is 34.0. The molecule has 4 heteroatoms. The van der Waals surface area contributed by atoms with Gasteiger partial charge in [-0.1, -0.05) is 6.08 Å². The molecular formula is C15H26BNO2. The van der Waals surface area contributed by atoms with Crippen molar-refractivity contribution in [2.75, 3.05) is 13.1 Å². The monoisotopic (exact) mass is 263 g/mol. The number of hydrogen-bond acceptors (Lipinski definition) is 3. The lowest BCUT2D eigenvalue weighted by Gasteiger charge is -2.40. The summed E-state index contributed by atoms with van der Waals surface area (Å²) in [6.45, 7) is 11.1. The maximum Gasteiger partial charge on any atom is 0.490 e. The minimum Gasteiger partial charge on any atom is -0.400 e. The van der Waals surface area contributed by atoms with Crippen LogP contribution in [0.5, 0.6) is 0 Å². The van der Waals surface area contributed by atoms with Crippen molar-refractivity contribution in [3.8, 4) is 0 Å². The first-order valence-corrected chi connectivity index (χ1v) is 7.68. The van der Waals surface area contributed by atoms with Gasteiger partial charge in [0, 0.05) is 6.04 Å². The summed E-state index contributed by atoms with van der Waals surface area (Å²) in [6.07, 6.45) is 7.30. The van der Waals surface area contributed by atoms with E-state index in [9.17, 15) is 0 Å². The fourth-order valence-electron chi connectivity index (χ4n) is 3.09. The summed E-state index contributed by atoms with van der Waals surface area (Å²) >= 11 is 0. The zero-order chi connectivity index (χ0) is 13.7. The van der Waals surface area contributed by atoms with E-state index in [0.29, 0.717) is 0 Å². The molecule has 106 valence electrons. The molecule has 0 radical (unpaired) electrons. The molecule has 1 unspecified atom stereocenters. The van der Waals surface area contributed by atoms with Gasteiger partial charge >= 0.3 is 7.12 Å². The molecule has 0 amide bonds. The summed E-state index contributed by atoms with van der Waals surface area (Å²) in [5, 5.41) is 0. The summed E-state index contributed by atoms with van der Waals surface area (Å²) in [5.74, 6) is 0. The van der Waals surface area contributed by atoms with Crippen LogP contribution < -0.4 is 0 Å². The number of nitrogens with zero attached hydrogens (tertiary/aromatic N) is 1. The minimum absolute atomic E-state index is 0.123. The van der Waals surface area contributed by atoms with Crippen LogP contribution in [0.3, 0.4) is 0 Å². The second kappa shape index (κ2) is 4.61. The zero-order valence-electron chi connectivity index (χ0n) is 12.7. The summed E-state index contributed by atoms with van der Waals surface area (Å²) in [7, 11) is -0.123. The molecule has 0 aromatic rings. The average molecular weight is 263 g/mol. The molecule has 0 spiro atoms. The van der Waals surface area contributed by atoms with Crippen molar-refractivity contribution in [1.29, 1.82) is 0 Å². The summed E-state index contributed by atoms with van der Waals surface area (Å²) < 4.78 is 12.3. The third-order valence-electron chi connectivity index (χ3n) is 5.38. The van der Waals surface area contributed by atoms with Crippen LogP contribution in [0.2, 0.25) is 0 Å². The van der Waals surface area contributed by atoms with E-state index >= 15 is 0 Å². The van der Waals surface area contributed by atoms with Crippen molar-refractivity contribution in [1.82, 2.24) is 4.90 Å². The van der Waals surface area contributed by atoms with Crippen molar-refractivity contribution < 1.29 is 9.31 Å². The highest BCUT2D eigenvalue weighted by Gasteiger charge is 2.52. The summed E-state index contributed by atoms with van der Waals surface area (Å²) in [4.78, 5) is 2.61. The van der Waals surface area contributed by atoms with E-state index < -0.39 is 0 Å².